The lowest BCUT2D eigenvalue weighted by atomic mass is 9.95. The van der Waals surface area contributed by atoms with Gasteiger partial charge in [-0.15, -0.1) is 0 Å². The molecule has 0 saturated carbocycles. The van der Waals surface area contributed by atoms with Gasteiger partial charge in [0.2, 0.25) is 5.91 Å². The molecule has 2 aromatic rings. The van der Waals surface area contributed by atoms with Gasteiger partial charge in [-0.1, -0.05) is 30.3 Å². The van der Waals surface area contributed by atoms with E-state index in [0.29, 0.717) is 6.54 Å². The molecule has 0 bridgehead atoms. The Morgan fingerprint density at radius 1 is 1.00 bits per heavy atom. The van der Waals surface area contributed by atoms with Crippen molar-refractivity contribution in [3.05, 3.63) is 60.4 Å². The first-order valence-electron chi connectivity index (χ1n) is 8.96. The number of aromatic nitrogens is 1. The van der Waals surface area contributed by atoms with Crippen LogP contribution in [0.2, 0.25) is 0 Å². The van der Waals surface area contributed by atoms with Crippen molar-refractivity contribution in [1.29, 1.82) is 0 Å². The van der Waals surface area contributed by atoms with E-state index >= 15 is 0 Å². The molecule has 0 radical (unpaired) electrons. The highest BCUT2D eigenvalue weighted by molar-refractivity contribution is 5.78. The van der Waals surface area contributed by atoms with Crippen LogP contribution in [0.25, 0.3) is 0 Å². The zero-order chi connectivity index (χ0) is 16.6. The maximum Gasteiger partial charge on any atom is 0.223 e. The minimum absolute atomic E-state index is 0.175. The molecule has 1 saturated heterocycles. The molecule has 3 rings (SSSR count). The van der Waals surface area contributed by atoms with Crippen molar-refractivity contribution in [1.82, 2.24) is 14.8 Å². The van der Waals surface area contributed by atoms with E-state index in [1.165, 1.54) is 6.42 Å². The summed E-state index contributed by atoms with van der Waals surface area (Å²) in [7, 11) is 0. The van der Waals surface area contributed by atoms with Gasteiger partial charge in [0.1, 0.15) is 0 Å². The largest absolute Gasteiger partial charge is 0.354 e. The number of piperidine rings is 1. The molecule has 1 N–H and O–H groups in total. The molecule has 1 aliphatic heterocycles. The summed E-state index contributed by atoms with van der Waals surface area (Å²) in [5.41, 5.74) is 1.16. The Morgan fingerprint density at radius 2 is 1.71 bits per heavy atom. The number of rotatable bonds is 7. The third kappa shape index (κ3) is 4.96. The van der Waals surface area contributed by atoms with Crippen molar-refractivity contribution in [3.63, 3.8) is 0 Å². The summed E-state index contributed by atoms with van der Waals surface area (Å²) in [6.07, 6.45) is 7.35. The smallest absolute Gasteiger partial charge is 0.223 e. The van der Waals surface area contributed by atoms with Gasteiger partial charge in [0.15, 0.2) is 0 Å². The first-order valence-corrected chi connectivity index (χ1v) is 8.96. The van der Waals surface area contributed by atoms with Crippen LogP contribution in [0.3, 0.4) is 0 Å². The van der Waals surface area contributed by atoms with Crippen LogP contribution in [0.5, 0.6) is 0 Å². The van der Waals surface area contributed by atoms with E-state index in [1.54, 1.807) is 0 Å². The number of likely N-dealkylation sites (tertiary alicyclic amines) is 1. The molecule has 2 heterocycles. The van der Waals surface area contributed by atoms with Crippen molar-refractivity contribution in [2.24, 2.45) is 5.92 Å². The third-order valence-corrected chi connectivity index (χ3v) is 4.82. The fraction of sp³-hybridized carbons (Fsp3) is 0.450. The van der Waals surface area contributed by atoms with Crippen LogP contribution in [-0.4, -0.2) is 35.0 Å². The van der Waals surface area contributed by atoms with Gasteiger partial charge in [-0.05, 0) is 56.6 Å². The molecular weight excluding hydrogens is 298 g/mol. The fourth-order valence-corrected chi connectivity index (χ4v) is 3.34. The average molecular weight is 325 g/mol. The van der Waals surface area contributed by atoms with Crippen LogP contribution in [0.1, 0.15) is 24.8 Å². The Kier molecular flexibility index (Phi) is 6.07. The number of hydrogen-bond acceptors (Lipinski definition) is 2. The second kappa shape index (κ2) is 8.69. The average Bonchev–Trinajstić information content (AvgIpc) is 3.15. The second-order valence-electron chi connectivity index (χ2n) is 6.59. The van der Waals surface area contributed by atoms with E-state index < -0.39 is 0 Å². The molecule has 0 unspecified atom stereocenters. The number of carbonyl (C=O) groups is 1. The van der Waals surface area contributed by atoms with E-state index in [1.807, 2.05) is 30.3 Å². The summed E-state index contributed by atoms with van der Waals surface area (Å²) in [5, 5.41) is 3.08. The molecule has 0 spiro atoms. The first kappa shape index (κ1) is 16.8. The fourth-order valence-electron chi connectivity index (χ4n) is 3.34. The molecule has 1 amide bonds. The predicted molar refractivity (Wildman–Crippen MR) is 96.5 cm³/mol. The van der Waals surface area contributed by atoms with E-state index in [9.17, 15) is 4.79 Å². The lowest BCUT2D eigenvalue weighted by Crippen LogP contribution is -2.40. The Hall–Kier alpha value is -2.07. The summed E-state index contributed by atoms with van der Waals surface area (Å²) < 4.78 is 2.23. The maximum atomic E-state index is 12.3. The highest BCUT2D eigenvalue weighted by Gasteiger charge is 2.24. The molecule has 128 valence electrons. The summed E-state index contributed by atoms with van der Waals surface area (Å²) in [6.45, 7) is 4.90. The zero-order valence-electron chi connectivity index (χ0n) is 14.2. The molecule has 1 aliphatic rings. The number of nitrogens with one attached hydrogen (secondary N) is 1. The normalized spacial score (nSPS) is 16.2. The quantitative estimate of drug-likeness (QED) is 0.850. The van der Waals surface area contributed by atoms with Crippen LogP contribution in [0.4, 0.5) is 0 Å². The second-order valence-corrected chi connectivity index (χ2v) is 6.59. The number of benzene rings is 1. The predicted octanol–water partition coefficient (Wildman–Crippen LogP) is 2.91. The maximum absolute atomic E-state index is 12.3. The number of nitrogens with zero attached hydrogens (tertiary/aromatic N) is 2. The lowest BCUT2D eigenvalue weighted by Gasteiger charge is -2.31. The molecule has 4 heteroatoms. The Labute approximate surface area is 144 Å². The van der Waals surface area contributed by atoms with Gasteiger partial charge < -0.3 is 14.8 Å². The van der Waals surface area contributed by atoms with Gasteiger partial charge in [-0.2, -0.15) is 0 Å². The van der Waals surface area contributed by atoms with Gasteiger partial charge in [0, 0.05) is 31.4 Å². The molecule has 0 atom stereocenters. The summed E-state index contributed by atoms with van der Waals surface area (Å²) >= 11 is 0. The van der Waals surface area contributed by atoms with Crippen LogP contribution >= 0.6 is 0 Å². The van der Waals surface area contributed by atoms with Crippen molar-refractivity contribution in [2.75, 3.05) is 19.6 Å². The van der Waals surface area contributed by atoms with Gasteiger partial charge in [0.25, 0.3) is 0 Å². The van der Waals surface area contributed by atoms with Crippen LogP contribution in [0, 0.1) is 5.92 Å². The topological polar surface area (TPSA) is 37.3 Å². The van der Waals surface area contributed by atoms with Crippen LogP contribution in [0.15, 0.2) is 54.9 Å². The van der Waals surface area contributed by atoms with Crippen molar-refractivity contribution < 1.29 is 4.79 Å². The summed E-state index contributed by atoms with van der Waals surface area (Å²) in [6, 6.07) is 14.2. The number of amides is 1. The number of hydrogen-bond donors (Lipinski definition) is 1. The Bertz CT molecular complexity index is 601. The van der Waals surface area contributed by atoms with E-state index in [-0.39, 0.29) is 11.8 Å². The molecule has 1 fully saturated rings. The SMILES string of the molecule is O=C(NCc1ccccc1)C1CCN(CCCn2cccc2)CC1. The van der Waals surface area contributed by atoms with Crippen molar-refractivity contribution in [3.8, 4) is 0 Å². The molecule has 4 nitrogen and oxygen atoms in total. The van der Waals surface area contributed by atoms with E-state index in [2.05, 4.69) is 39.3 Å². The Morgan fingerprint density at radius 3 is 2.42 bits per heavy atom. The van der Waals surface area contributed by atoms with Crippen molar-refractivity contribution >= 4 is 5.91 Å². The molecule has 1 aromatic heterocycles. The molecule has 1 aromatic carbocycles. The lowest BCUT2D eigenvalue weighted by molar-refractivity contribution is -0.126. The Balaban J connectivity index is 1.33. The van der Waals surface area contributed by atoms with Crippen LogP contribution < -0.4 is 5.32 Å². The van der Waals surface area contributed by atoms with Gasteiger partial charge in [0.05, 0.1) is 0 Å². The van der Waals surface area contributed by atoms with Gasteiger partial charge >= 0.3 is 0 Å². The minimum Gasteiger partial charge on any atom is -0.354 e. The van der Waals surface area contributed by atoms with E-state index in [4.69, 9.17) is 0 Å². The zero-order valence-corrected chi connectivity index (χ0v) is 14.2. The van der Waals surface area contributed by atoms with E-state index in [0.717, 1.165) is 44.6 Å². The van der Waals surface area contributed by atoms with Crippen molar-refractivity contribution in [2.45, 2.75) is 32.4 Å². The number of carbonyl (C=O) groups excluding carboxylic acids is 1. The highest BCUT2D eigenvalue weighted by atomic mass is 16.1. The molecular formula is C20H27N3O. The van der Waals surface area contributed by atoms with Crippen LogP contribution in [-0.2, 0) is 17.9 Å². The monoisotopic (exact) mass is 325 g/mol. The number of aryl methyl sites for hydroxylation is 1. The van der Waals surface area contributed by atoms with Gasteiger partial charge in [-0.25, -0.2) is 0 Å². The standard InChI is InChI=1S/C20H27N3O/c24-20(21-17-18-7-2-1-3-8-18)19-9-15-23(16-10-19)14-6-13-22-11-4-5-12-22/h1-5,7-8,11-12,19H,6,9-10,13-17H2,(H,21,24). The summed E-state index contributed by atoms with van der Waals surface area (Å²) in [4.78, 5) is 14.8. The first-order chi connectivity index (χ1) is 11.8. The third-order valence-electron chi connectivity index (χ3n) is 4.82. The summed E-state index contributed by atoms with van der Waals surface area (Å²) in [5.74, 6) is 0.389. The van der Waals surface area contributed by atoms with Gasteiger partial charge in [-0.3, -0.25) is 4.79 Å². The molecule has 0 aliphatic carbocycles. The highest BCUT2D eigenvalue weighted by Crippen LogP contribution is 2.17. The minimum atomic E-state index is 0.175. The molecule has 24 heavy (non-hydrogen) atoms.